The Labute approximate surface area is 137 Å². The summed E-state index contributed by atoms with van der Waals surface area (Å²) in [6.45, 7) is 5.72. The number of aliphatic carboxylic acids is 1. The molecule has 0 aromatic carbocycles. The maximum Gasteiger partial charge on any atom is 0.326 e. The van der Waals surface area contributed by atoms with Gasteiger partial charge in [-0.3, -0.25) is 9.59 Å². The summed E-state index contributed by atoms with van der Waals surface area (Å²) in [5, 5.41) is 11.8. The molecule has 0 saturated heterocycles. The molecule has 0 radical (unpaired) electrons. The van der Waals surface area contributed by atoms with Crippen molar-refractivity contribution in [3.05, 3.63) is 24.3 Å². The highest BCUT2D eigenvalue weighted by Gasteiger charge is 2.32. The van der Waals surface area contributed by atoms with E-state index in [1.807, 2.05) is 26.0 Å². The van der Waals surface area contributed by atoms with Gasteiger partial charge in [0.05, 0.1) is 0 Å². The van der Waals surface area contributed by atoms with Crippen LogP contribution in [0.1, 0.15) is 46.5 Å². The molecule has 0 bridgehead atoms. The molecule has 0 aliphatic heterocycles. The topological polar surface area (TPSA) is 83.5 Å². The number of hydrogen-bond acceptors (Lipinski definition) is 3. The molecule has 128 valence electrons. The van der Waals surface area contributed by atoms with Gasteiger partial charge in [0.15, 0.2) is 5.78 Å². The van der Waals surface area contributed by atoms with Gasteiger partial charge in [-0.15, -0.1) is 0 Å². The fourth-order valence-corrected chi connectivity index (χ4v) is 2.73. The molecule has 0 spiro atoms. The number of hydrogen-bond donors (Lipinski definition) is 2. The number of allylic oxidation sites excluding steroid dienone is 4. The van der Waals surface area contributed by atoms with Crippen LogP contribution in [0, 0.1) is 17.8 Å². The normalized spacial score (nSPS) is 23.2. The van der Waals surface area contributed by atoms with Gasteiger partial charge in [0.25, 0.3) is 0 Å². The summed E-state index contributed by atoms with van der Waals surface area (Å²) in [5.74, 6) is -1.80. The van der Waals surface area contributed by atoms with Crippen molar-refractivity contribution in [2.24, 2.45) is 17.8 Å². The van der Waals surface area contributed by atoms with Gasteiger partial charge in [0.2, 0.25) is 5.91 Å². The monoisotopic (exact) mass is 321 g/mol. The number of ketones is 1. The number of rotatable bonds is 9. The number of carboxylic acids is 1. The van der Waals surface area contributed by atoms with E-state index >= 15 is 0 Å². The van der Waals surface area contributed by atoms with Crippen LogP contribution < -0.4 is 5.32 Å². The Morgan fingerprint density at radius 1 is 1.35 bits per heavy atom. The second-order valence-electron chi connectivity index (χ2n) is 6.12. The number of carbonyl (C=O) groups excluding carboxylic acids is 2. The molecular formula is C18H27NO4. The molecule has 1 rings (SSSR count). The zero-order chi connectivity index (χ0) is 17.4. The lowest BCUT2D eigenvalue weighted by Crippen LogP contribution is -2.45. The van der Waals surface area contributed by atoms with Gasteiger partial charge in [-0.2, -0.15) is 0 Å². The fraction of sp³-hybridized carbons (Fsp3) is 0.611. The number of nitrogens with one attached hydrogen (secondary N) is 1. The van der Waals surface area contributed by atoms with Crippen LogP contribution in [0.15, 0.2) is 24.3 Å². The average molecular weight is 321 g/mol. The summed E-state index contributed by atoms with van der Waals surface area (Å²) in [7, 11) is 0. The van der Waals surface area contributed by atoms with Gasteiger partial charge >= 0.3 is 5.97 Å². The zero-order valence-corrected chi connectivity index (χ0v) is 14.1. The highest BCUT2D eigenvalue weighted by atomic mass is 16.4. The van der Waals surface area contributed by atoms with E-state index < -0.39 is 12.0 Å². The minimum Gasteiger partial charge on any atom is -0.480 e. The summed E-state index contributed by atoms with van der Waals surface area (Å²) in [5.41, 5.74) is 0. The van der Waals surface area contributed by atoms with Gasteiger partial charge < -0.3 is 10.4 Å². The van der Waals surface area contributed by atoms with Crippen molar-refractivity contribution in [2.75, 3.05) is 0 Å². The van der Waals surface area contributed by atoms with E-state index in [0.717, 1.165) is 6.42 Å². The smallest absolute Gasteiger partial charge is 0.326 e. The van der Waals surface area contributed by atoms with Crippen molar-refractivity contribution in [1.82, 2.24) is 5.32 Å². The van der Waals surface area contributed by atoms with E-state index in [4.69, 9.17) is 0 Å². The Morgan fingerprint density at radius 2 is 2.04 bits per heavy atom. The fourth-order valence-electron chi connectivity index (χ4n) is 2.73. The second kappa shape index (κ2) is 9.28. The minimum absolute atomic E-state index is 0.0419. The first kappa shape index (κ1) is 19.1. The summed E-state index contributed by atoms with van der Waals surface area (Å²) in [6.07, 6.45) is 9.62. The molecular weight excluding hydrogens is 294 g/mol. The third kappa shape index (κ3) is 5.66. The van der Waals surface area contributed by atoms with Crippen LogP contribution in [0.5, 0.6) is 0 Å². The molecule has 0 fully saturated rings. The first-order valence-corrected chi connectivity index (χ1v) is 8.29. The first-order chi connectivity index (χ1) is 10.9. The Balaban J connectivity index is 2.64. The van der Waals surface area contributed by atoms with Gasteiger partial charge in [0, 0.05) is 12.3 Å². The molecule has 0 saturated carbocycles. The van der Waals surface area contributed by atoms with Crippen molar-refractivity contribution in [3.8, 4) is 0 Å². The number of amides is 1. The predicted octanol–water partition coefficient (Wildman–Crippen LogP) is 2.72. The van der Waals surface area contributed by atoms with Crippen LogP contribution in [0.3, 0.4) is 0 Å². The SMILES string of the molecule is CC/C=C\CC1C(=O)C=CC1CC(=O)N[C@H](C(=O)O)[C@@H](C)CC. The van der Waals surface area contributed by atoms with Crippen molar-refractivity contribution in [2.45, 2.75) is 52.5 Å². The summed E-state index contributed by atoms with van der Waals surface area (Å²) in [6, 6.07) is -0.882. The Bertz CT molecular complexity index is 495. The summed E-state index contributed by atoms with van der Waals surface area (Å²) in [4.78, 5) is 35.3. The van der Waals surface area contributed by atoms with Crippen LogP contribution in [0.25, 0.3) is 0 Å². The molecule has 0 aromatic rings. The van der Waals surface area contributed by atoms with Gasteiger partial charge in [-0.25, -0.2) is 4.79 Å². The van der Waals surface area contributed by atoms with E-state index in [9.17, 15) is 19.5 Å². The van der Waals surface area contributed by atoms with Crippen LogP contribution in [0.2, 0.25) is 0 Å². The molecule has 2 unspecified atom stereocenters. The van der Waals surface area contributed by atoms with Gasteiger partial charge in [-0.05, 0) is 30.8 Å². The zero-order valence-electron chi connectivity index (χ0n) is 14.1. The third-order valence-corrected chi connectivity index (χ3v) is 4.40. The van der Waals surface area contributed by atoms with Crippen LogP contribution in [-0.4, -0.2) is 28.8 Å². The molecule has 1 amide bonds. The quantitative estimate of drug-likeness (QED) is 0.640. The maximum atomic E-state index is 12.2. The van der Waals surface area contributed by atoms with Crippen molar-refractivity contribution in [1.29, 1.82) is 0 Å². The van der Waals surface area contributed by atoms with E-state index in [2.05, 4.69) is 5.32 Å². The lowest BCUT2D eigenvalue weighted by atomic mass is 9.88. The lowest BCUT2D eigenvalue weighted by molar-refractivity contribution is -0.143. The Hall–Kier alpha value is -1.91. The lowest BCUT2D eigenvalue weighted by Gasteiger charge is -2.22. The third-order valence-electron chi connectivity index (χ3n) is 4.40. The highest BCUT2D eigenvalue weighted by molar-refractivity contribution is 5.95. The van der Waals surface area contributed by atoms with E-state index in [-0.39, 0.29) is 35.9 Å². The van der Waals surface area contributed by atoms with Crippen LogP contribution >= 0.6 is 0 Å². The highest BCUT2D eigenvalue weighted by Crippen LogP contribution is 2.28. The standard InChI is InChI=1S/C18H27NO4/c1-4-6-7-8-14-13(9-10-15(14)20)11-16(21)19-17(18(22)23)12(3)5-2/h6-7,9-10,12-14,17H,4-5,8,11H2,1-3H3,(H,19,21)(H,22,23)/b7-6-/t12-,13?,14?,17-/m0/s1. The van der Waals surface area contributed by atoms with E-state index in [1.54, 1.807) is 13.0 Å². The molecule has 2 N–H and O–H groups in total. The second-order valence-corrected chi connectivity index (χ2v) is 6.12. The molecule has 1 aliphatic rings. The molecule has 23 heavy (non-hydrogen) atoms. The Morgan fingerprint density at radius 3 is 2.61 bits per heavy atom. The average Bonchev–Trinajstić information content (AvgIpc) is 2.84. The van der Waals surface area contributed by atoms with Crippen LogP contribution in [0.4, 0.5) is 0 Å². The molecule has 4 atom stereocenters. The van der Waals surface area contributed by atoms with Crippen LogP contribution in [-0.2, 0) is 14.4 Å². The van der Waals surface area contributed by atoms with E-state index in [0.29, 0.717) is 12.8 Å². The van der Waals surface area contributed by atoms with E-state index in [1.165, 1.54) is 6.08 Å². The Kier molecular flexibility index (Phi) is 7.72. The molecule has 1 aliphatic carbocycles. The summed E-state index contributed by atoms with van der Waals surface area (Å²) >= 11 is 0. The van der Waals surface area contributed by atoms with Gasteiger partial charge in [0.1, 0.15) is 6.04 Å². The molecule has 0 heterocycles. The molecule has 5 nitrogen and oxygen atoms in total. The maximum absolute atomic E-state index is 12.2. The van der Waals surface area contributed by atoms with Crippen molar-refractivity contribution < 1.29 is 19.5 Å². The summed E-state index contributed by atoms with van der Waals surface area (Å²) < 4.78 is 0. The minimum atomic E-state index is -1.02. The molecule has 5 heteroatoms. The first-order valence-electron chi connectivity index (χ1n) is 8.29. The number of carbonyl (C=O) groups is 3. The van der Waals surface area contributed by atoms with Gasteiger partial charge in [-0.1, -0.05) is 45.4 Å². The molecule has 0 aromatic heterocycles. The number of carboxylic acid groups (broad SMARTS) is 1. The predicted molar refractivity (Wildman–Crippen MR) is 88.8 cm³/mol. The van der Waals surface area contributed by atoms with Crippen molar-refractivity contribution >= 4 is 17.7 Å². The van der Waals surface area contributed by atoms with Crippen molar-refractivity contribution in [3.63, 3.8) is 0 Å². The largest absolute Gasteiger partial charge is 0.480 e.